The molecule has 3 fully saturated rings. The molecule has 0 spiro atoms. The first-order chi connectivity index (χ1) is 29.6. The third-order valence-corrected chi connectivity index (χ3v) is 10.2. The summed E-state index contributed by atoms with van der Waals surface area (Å²) in [5.74, 6) is -12.7. The van der Waals surface area contributed by atoms with E-state index in [9.17, 15) is 79.2 Å². The maximum absolute atomic E-state index is 12.4. The van der Waals surface area contributed by atoms with Crippen LogP contribution in [0.15, 0.2) is 12.2 Å². The summed E-state index contributed by atoms with van der Waals surface area (Å²) in [4.78, 5) is 97.0. The second kappa shape index (κ2) is 21.2. The number of amides is 5. The van der Waals surface area contributed by atoms with E-state index in [0.717, 1.165) is 32.9 Å². The van der Waals surface area contributed by atoms with Crippen LogP contribution in [0.25, 0.3) is 0 Å². The molecule has 0 aromatic carbocycles. The van der Waals surface area contributed by atoms with Crippen molar-refractivity contribution < 1.29 is 117 Å². The van der Waals surface area contributed by atoms with Crippen molar-refractivity contribution in [1.82, 2.24) is 20.9 Å². The van der Waals surface area contributed by atoms with E-state index in [1.807, 2.05) is 0 Å². The second-order valence-corrected chi connectivity index (χ2v) is 14.8. The van der Waals surface area contributed by atoms with Gasteiger partial charge in [0.15, 0.2) is 0 Å². The largest absolute Gasteiger partial charge is 0.410 e. The molecule has 16 unspecified atom stereocenters. The third kappa shape index (κ3) is 12.1. The molecule has 0 bridgehead atoms. The maximum Gasteiger partial charge on any atom is 0.332 e. The Morgan fingerprint density at radius 3 is 1.52 bits per heavy atom. The fourth-order valence-electron chi connectivity index (χ4n) is 7.59. The number of imide groups is 1. The van der Waals surface area contributed by atoms with E-state index in [-0.39, 0.29) is 19.4 Å². The van der Waals surface area contributed by atoms with Gasteiger partial charge >= 0.3 is 17.9 Å². The first kappa shape index (κ1) is 50.8. The number of aliphatic hydroxyl groups is 8. The number of nitrogens with zero attached hydrogens (tertiary/aromatic N) is 1. The fourth-order valence-corrected chi connectivity index (χ4v) is 7.59. The molecule has 0 aromatic heterocycles. The van der Waals surface area contributed by atoms with Crippen LogP contribution in [0.3, 0.4) is 0 Å². The van der Waals surface area contributed by atoms with Gasteiger partial charge in [-0.2, -0.15) is 0 Å². The summed E-state index contributed by atoms with van der Waals surface area (Å²) in [6.45, 7) is -0.961. The normalized spacial score (nSPS) is 36.2. The van der Waals surface area contributed by atoms with Gasteiger partial charge in [-0.15, -0.1) is 0 Å². The zero-order chi connectivity index (χ0) is 47.0. The quantitative estimate of drug-likeness (QED) is 0.0220. The van der Waals surface area contributed by atoms with Gasteiger partial charge in [0.25, 0.3) is 31.2 Å². The molecular formula is C35H50N4O24. The lowest BCUT2D eigenvalue weighted by Crippen LogP contribution is -2.70. The smallest absolute Gasteiger partial charge is 0.332 e. The van der Waals surface area contributed by atoms with E-state index in [0.29, 0.717) is 4.90 Å². The molecular weight excluding hydrogens is 860 g/mol. The SMILES string of the molecule is CC(=O)NC1C(O)CC(OC=O)(OC(CO)C(O)C2OC(OC=O)(OC(CO)C(O)C3OC(O)(OC=O)CC(O)C3NC(C)=O)CC(O)C2NC(C)=O)OC1CN1C(=O)C=CC1=O. The van der Waals surface area contributed by atoms with Crippen LogP contribution in [0, 0.1) is 0 Å². The van der Waals surface area contributed by atoms with Crippen molar-refractivity contribution in [2.45, 2.75) is 137 Å². The molecule has 4 heterocycles. The molecule has 3 saturated heterocycles. The number of carbonyl (C=O) groups excluding carboxylic acids is 8. The highest BCUT2D eigenvalue weighted by molar-refractivity contribution is 6.12. The molecule has 0 aliphatic carbocycles. The number of ether oxygens (including phenoxy) is 8. The predicted octanol–water partition coefficient (Wildman–Crippen LogP) is -8.18. The van der Waals surface area contributed by atoms with Gasteiger partial charge in [-0.05, 0) is 0 Å². The van der Waals surface area contributed by atoms with Crippen LogP contribution < -0.4 is 16.0 Å². The van der Waals surface area contributed by atoms with Crippen molar-refractivity contribution in [3.8, 4) is 0 Å². The number of rotatable bonds is 21. The number of aliphatic hydroxyl groups excluding tert-OH is 7. The van der Waals surface area contributed by atoms with E-state index < -0.39 is 166 Å². The molecule has 0 aromatic rings. The summed E-state index contributed by atoms with van der Waals surface area (Å²) >= 11 is 0. The molecule has 16 atom stereocenters. The third-order valence-electron chi connectivity index (χ3n) is 10.2. The van der Waals surface area contributed by atoms with E-state index in [4.69, 9.17) is 33.2 Å². The summed E-state index contributed by atoms with van der Waals surface area (Å²) in [5, 5.41) is 95.4. The van der Waals surface area contributed by atoms with E-state index >= 15 is 0 Å². The summed E-state index contributed by atoms with van der Waals surface area (Å²) in [7, 11) is 0. The highest BCUT2D eigenvalue weighted by Crippen LogP contribution is 2.39. The lowest BCUT2D eigenvalue weighted by Gasteiger charge is -2.50. The number of hydrogen-bond donors (Lipinski definition) is 11. The Balaban J connectivity index is 1.70. The molecule has 4 aliphatic rings. The van der Waals surface area contributed by atoms with E-state index in [1.165, 1.54) is 0 Å². The summed E-state index contributed by atoms with van der Waals surface area (Å²) in [5.41, 5.74) is 0. The van der Waals surface area contributed by atoms with Crippen molar-refractivity contribution in [3.63, 3.8) is 0 Å². The lowest BCUT2D eigenvalue weighted by atomic mass is 9.90. The van der Waals surface area contributed by atoms with Crippen LogP contribution >= 0.6 is 0 Å². The Hall–Kier alpha value is -4.82. The summed E-state index contributed by atoms with van der Waals surface area (Å²) in [6.07, 6.45) is -21.2. The molecule has 28 heteroatoms. The van der Waals surface area contributed by atoms with Gasteiger partial charge in [0.1, 0.15) is 42.7 Å². The van der Waals surface area contributed by atoms with Crippen LogP contribution in [0.5, 0.6) is 0 Å². The minimum absolute atomic E-state index is 0.230. The zero-order valence-electron chi connectivity index (χ0n) is 33.7. The van der Waals surface area contributed by atoms with Crippen molar-refractivity contribution in [3.05, 3.63) is 12.2 Å². The van der Waals surface area contributed by atoms with Crippen molar-refractivity contribution in [2.75, 3.05) is 19.8 Å². The maximum atomic E-state index is 12.4. The highest BCUT2D eigenvalue weighted by Gasteiger charge is 2.59. The van der Waals surface area contributed by atoms with Crippen LogP contribution in [0.2, 0.25) is 0 Å². The molecule has 4 rings (SSSR count). The van der Waals surface area contributed by atoms with Crippen LogP contribution in [-0.4, -0.2) is 212 Å². The first-order valence-corrected chi connectivity index (χ1v) is 19.0. The van der Waals surface area contributed by atoms with Crippen LogP contribution in [-0.2, 0) is 76.3 Å². The van der Waals surface area contributed by atoms with Crippen molar-refractivity contribution >= 4 is 49.0 Å². The van der Waals surface area contributed by atoms with Crippen LogP contribution in [0.1, 0.15) is 40.0 Å². The highest BCUT2D eigenvalue weighted by atomic mass is 16.9. The number of carbonyl (C=O) groups is 8. The summed E-state index contributed by atoms with van der Waals surface area (Å²) in [6, 6.07) is -4.76. The average molecular weight is 911 g/mol. The second-order valence-electron chi connectivity index (χ2n) is 14.8. The first-order valence-electron chi connectivity index (χ1n) is 19.0. The van der Waals surface area contributed by atoms with Crippen molar-refractivity contribution in [1.29, 1.82) is 0 Å². The summed E-state index contributed by atoms with van der Waals surface area (Å²) < 4.78 is 43.3. The van der Waals surface area contributed by atoms with Gasteiger partial charge in [-0.3, -0.25) is 43.3 Å². The van der Waals surface area contributed by atoms with Gasteiger partial charge in [-0.25, -0.2) is 0 Å². The minimum atomic E-state index is -3.00. The van der Waals surface area contributed by atoms with Gasteiger partial charge < -0.3 is 94.7 Å². The number of hydrogen-bond acceptors (Lipinski definition) is 24. The molecule has 0 radical (unpaired) electrons. The lowest BCUT2D eigenvalue weighted by molar-refractivity contribution is -0.442. The predicted molar refractivity (Wildman–Crippen MR) is 193 cm³/mol. The fraction of sp³-hybridized carbons (Fsp3) is 0.714. The zero-order valence-corrected chi connectivity index (χ0v) is 33.7. The molecule has 5 amide bonds. The van der Waals surface area contributed by atoms with Crippen LogP contribution in [0.4, 0.5) is 0 Å². The molecule has 4 aliphatic heterocycles. The monoisotopic (exact) mass is 910 g/mol. The Labute approximate surface area is 355 Å². The van der Waals surface area contributed by atoms with Gasteiger partial charge in [0.2, 0.25) is 17.7 Å². The van der Waals surface area contributed by atoms with Gasteiger partial charge in [-0.1, -0.05) is 0 Å². The Kier molecular flexibility index (Phi) is 17.1. The standard InChI is InChI=1S/C35H50N4O24/c1-15(45)36-26-19(49)7-34(57-13-43,59-21(26)9-39-24(51)4-5-25(39)52)60-23(11-41)30(54)32-28(38-17(3)47)20(50)8-35(63-32,58-14-44)61-22(10-40)29(53)31-27(37-16(2)46)18(48)6-33(55,62-31)56-12-42/h4-5,12-14,18-23,26-32,40-41,48-50,53-55H,6-11H2,1-3H3,(H,36,45)(H,37,46)(H,38,47). The minimum Gasteiger partial charge on any atom is -0.410 e. The topological polar surface area (TPSA) is 412 Å². The molecule has 28 nitrogen and oxygen atoms in total. The number of nitrogens with one attached hydrogen (secondary N) is 3. The molecule has 11 N–H and O–H groups in total. The Bertz CT molecular complexity index is 1710. The van der Waals surface area contributed by atoms with E-state index in [2.05, 4.69) is 20.7 Å². The Morgan fingerprint density at radius 2 is 1.10 bits per heavy atom. The van der Waals surface area contributed by atoms with E-state index in [1.54, 1.807) is 0 Å². The Morgan fingerprint density at radius 1 is 0.698 bits per heavy atom. The average Bonchev–Trinajstić information content (AvgIpc) is 3.51. The molecule has 63 heavy (non-hydrogen) atoms. The van der Waals surface area contributed by atoms with Crippen molar-refractivity contribution in [2.24, 2.45) is 0 Å². The van der Waals surface area contributed by atoms with Gasteiger partial charge in [0.05, 0.1) is 75.5 Å². The van der Waals surface area contributed by atoms with Gasteiger partial charge in [0, 0.05) is 32.9 Å². The molecule has 0 saturated carbocycles. The molecule has 354 valence electrons.